The quantitative estimate of drug-likeness (QED) is 0.234. The monoisotopic (exact) mass is 560 g/mol. The van der Waals surface area contributed by atoms with Crippen LogP contribution in [-0.2, 0) is 20.7 Å². The Morgan fingerprint density at radius 2 is 2.10 bits per heavy atom. The van der Waals surface area contributed by atoms with Gasteiger partial charge in [0.25, 0.3) is 0 Å². The second kappa shape index (κ2) is 12.6. The van der Waals surface area contributed by atoms with E-state index in [0.29, 0.717) is 22.1 Å². The van der Waals surface area contributed by atoms with E-state index < -0.39 is 0 Å². The smallest absolute Gasteiger partial charge is 0.309 e. The number of halogens is 1. The zero-order chi connectivity index (χ0) is 27.9. The number of amides is 1. The number of anilines is 1. The van der Waals surface area contributed by atoms with Crippen molar-refractivity contribution in [1.82, 2.24) is 35.5 Å². The minimum absolute atomic E-state index is 0.202. The normalized spacial score (nSPS) is 15.4. The molecule has 3 heterocycles. The number of tetrazole rings is 1. The maximum atomic E-state index is 13.0. The van der Waals surface area contributed by atoms with Crippen LogP contribution in [0.2, 0.25) is 5.02 Å². The van der Waals surface area contributed by atoms with Crippen molar-refractivity contribution < 1.29 is 14.3 Å². The molecule has 206 valence electrons. The number of esters is 1. The van der Waals surface area contributed by atoms with Gasteiger partial charge in [-0.1, -0.05) is 36.6 Å². The lowest BCUT2D eigenvalue weighted by Crippen LogP contribution is -2.27. The number of ether oxygens (including phenoxy) is 1. The van der Waals surface area contributed by atoms with E-state index in [1.807, 2.05) is 18.2 Å². The first kappa shape index (κ1) is 27.1. The highest BCUT2D eigenvalue weighted by Gasteiger charge is 2.19. The first-order valence-corrected chi connectivity index (χ1v) is 13.4. The van der Waals surface area contributed by atoms with Crippen molar-refractivity contribution in [2.24, 2.45) is 0 Å². The second-order valence-electron chi connectivity index (χ2n) is 9.44. The number of hydrogen-bond donors (Lipinski definition) is 3. The van der Waals surface area contributed by atoms with Crippen LogP contribution in [0.25, 0.3) is 23.0 Å². The lowest BCUT2D eigenvalue weighted by molar-refractivity contribution is -0.139. The molecule has 1 atom stereocenters. The summed E-state index contributed by atoms with van der Waals surface area (Å²) in [6, 6.07) is 10.8. The Balaban J connectivity index is 1.36. The van der Waals surface area contributed by atoms with Gasteiger partial charge in [0.2, 0.25) is 5.91 Å². The largest absolute Gasteiger partial charge is 0.469 e. The molecule has 1 aliphatic rings. The highest BCUT2D eigenvalue weighted by Crippen LogP contribution is 2.31. The Kier molecular flexibility index (Phi) is 8.50. The van der Waals surface area contributed by atoms with E-state index in [9.17, 15) is 9.59 Å². The summed E-state index contributed by atoms with van der Waals surface area (Å²) in [5.74, 6) is 0.137. The van der Waals surface area contributed by atoms with Crippen LogP contribution in [0, 0.1) is 0 Å². The topological polar surface area (TPSA) is 140 Å². The van der Waals surface area contributed by atoms with Crippen LogP contribution in [0.1, 0.15) is 48.7 Å². The predicted octanol–water partition coefficient (Wildman–Crippen LogP) is 4.28. The molecule has 12 heteroatoms. The van der Waals surface area contributed by atoms with Gasteiger partial charge in [0.05, 0.1) is 37.2 Å². The van der Waals surface area contributed by atoms with Crippen molar-refractivity contribution in [2.75, 3.05) is 19.0 Å². The number of nitrogens with one attached hydrogen (secondary N) is 3. The summed E-state index contributed by atoms with van der Waals surface area (Å²) in [6.07, 6.45) is 10.2. The van der Waals surface area contributed by atoms with Crippen LogP contribution >= 0.6 is 11.6 Å². The molecule has 0 aliphatic carbocycles. The summed E-state index contributed by atoms with van der Waals surface area (Å²) < 4.78 is 6.33. The third kappa shape index (κ3) is 6.55. The van der Waals surface area contributed by atoms with E-state index in [1.165, 1.54) is 24.2 Å². The van der Waals surface area contributed by atoms with E-state index in [2.05, 4.69) is 36.1 Å². The molecule has 0 radical (unpaired) electrons. The standard InChI is InChI=1S/C28H29ClN8O3/c1-40-27(39)14-18-6-9-21-23(13-18)30-12-4-2-3-5-22(28-31-16-24(21)34-28)33-26(38)11-7-19-15-20(29)8-10-25(19)37-17-32-35-36-37/h6-11,13,15-17,22,30H,2-5,12,14H2,1H3,(H,31,34)(H,33,38)/b11-7+/t22-/m0/s1. The number of aromatic amines is 1. The van der Waals surface area contributed by atoms with Crippen molar-refractivity contribution in [3.63, 3.8) is 0 Å². The highest BCUT2D eigenvalue weighted by molar-refractivity contribution is 6.30. The average molecular weight is 561 g/mol. The van der Waals surface area contributed by atoms with Gasteiger partial charge in [-0.15, -0.1) is 5.10 Å². The van der Waals surface area contributed by atoms with Crippen molar-refractivity contribution in [3.8, 4) is 16.9 Å². The van der Waals surface area contributed by atoms with Crippen LogP contribution in [0.3, 0.4) is 0 Å². The van der Waals surface area contributed by atoms with Gasteiger partial charge in [-0.25, -0.2) is 4.98 Å². The van der Waals surface area contributed by atoms with E-state index in [-0.39, 0.29) is 24.3 Å². The summed E-state index contributed by atoms with van der Waals surface area (Å²) in [7, 11) is 1.39. The molecule has 0 saturated heterocycles. The Morgan fingerprint density at radius 1 is 1.20 bits per heavy atom. The van der Waals surface area contributed by atoms with E-state index in [1.54, 1.807) is 30.5 Å². The van der Waals surface area contributed by atoms with Crippen LogP contribution in [0.4, 0.5) is 5.69 Å². The molecular formula is C28H29ClN8O3. The average Bonchev–Trinajstić information content (AvgIpc) is 3.66. The van der Waals surface area contributed by atoms with Crippen LogP contribution < -0.4 is 10.6 Å². The van der Waals surface area contributed by atoms with Gasteiger partial charge in [0.15, 0.2) is 0 Å². The molecule has 5 rings (SSSR count). The number of hydrogen-bond acceptors (Lipinski definition) is 8. The second-order valence-corrected chi connectivity index (χ2v) is 9.88. The van der Waals surface area contributed by atoms with Gasteiger partial charge < -0.3 is 20.4 Å². The number of fused-ring (bicyclic) bond motifs is 4. The van der Waals surface area contributed by atoms with Gasteiger partial charge in [-0.05, 0) is 59.2 Å². The first-order chi connectivity index (χ1) is 19.5. The molecule has 2 aromatic carbocycles. The van der Waals surface area contributed by atoms with E-state index >= 15 is 0 Å². The molecule has 0 unspecified atom stereocenters. The number of carbonyl (C=O) groups excluding carboxylic acids is 2. The molecule has 40 heavy (non-hydrogen) atoms. The zero-order valence-corrected chi connectivity index (χ0v) is 22.7. The molecule has 4 aromatic rings. The Hall–Kier alpha value is -4.51. The van der Waals surface area contributed by atoms with Gasteiger partial charge in [0.1, 0.15) is 12.2 Å². The third-order valence-corrected chi connectivity index (χ3v) is 6.91. The number of carbonyl (C=O) groups is 2. The van der Waals surface area contributed by atoms with Crippen molar-refractivity contribution >= 4 is 35.2 Å². The van der Waals surface area contributed by atoms with Crippen LogP contribution in [0.15, 0.2) is 55.0 Å². The van der Waals surface area contributed by atoms with Crippen molar-refractivity contribution in [2.45, 2.75) is 38.1 Å². The number of H-pyrrole nitrogens is 1. The fourth-order valence-corrected chi connectivity index (χ4v) is 4.83. The molecule has 0 saturated carbocycles. The molecule has 2 aromatic heterocycles. The molecule has 2 bridgehead atoms. The number of benzene rings is 2. The minimum Gasteiger partial charge on any atom is -0.469 e. The van der Waals surface area contributed by atoms with Gasteiger partial charge in [-0.3, -0.25) is 9.59 Å². The minimum atomic E-state index is -0.293. The number of nitrogens with zero attached hydrogens (tertiary/aromatic N) is 5. The molecule has 0 fully saturated rings. The lowest BCUT2D eigenvalue weighted by Gasteiger charge is -2.18. The SMILES string of the molecule is COC(=O)Cc1ccc2c(c1)NCCCCC[C@H](NC(=O)/C=C/c1cc(Cl)ccc1-n1cnnn1)c1ncc-2[nH]1. The lowest BCUT2D eigenvalue weighted by atomic mass is 10.0. The summed E-state index contributed by atoms with van der Waals surface area (Å²) in [5.41, 5.74) is 4.94. The Bertz CT molecular complexity index is 1520. The van der Waals surface area contributed by atoms with Gasteiger partial charge >= 0.3 is 5.97 Å². The highest BCUT2D eigenvalue weighted by atomic mass is 35.5. The predicted molar refractivity (Wildman–Crippen MR) is 151 cm³/mol. The molecule has 3 N–H and O–H groups in total. The van der Waals surface area contributed by atoms with Gasteiger partial charge in [-0.2, -0.15) is 4.68 Å². The van der Waals surface area contributed by atoms with Crippen molar-refractivity contribution in [1.29, 1.82) is 0 Å². The zero-order valence-electron chi connectivity index (χ0n) is 21.9. The van der Waals surface area contributed by atoms with Crippen LogP contribution in [-0.4, -0.2) is 55.7 Å². The number of aromatic nitrogens is 6. The van der Waals surface area contributed by atoms with Crippen LogP contribution in [0.5, 0.6) is 0 Å². The van der Waals surface area contributed by atoms with E-state index in [4.69, 9.17) is 16.3 Å². The fourth-order valence-electron chi connectivity index (χ4n) is 4.65. The summed E-state index contributed by atoms with van der Waals surface area (Å²) in [6.45, 7) is 0.790. The molecular weight excluding hydrogens is 532 g/mol. The number of methoxy groups -OCH3 is 1. The maximum Gasteiger partial charge on any atom is 0.309 e. The van der Waals surface area contributed by atoms with Crippen molar-refractivity contribution in [3.05, 3.63) is 77.0 Å². The third-order valence-electron chi connectivity index (χ3n) is 6.68. The summed E-state index contributed by atoms with van der Waals surface area (Å²) in [4.78, 5) is 32.8. The molecule has 1 aliphatic heterocycles. The Labute approximate surface area is 236 Å². The first-order valence-electron chi connectivity index (χ1n) is 13.0. The Morgan fingerprint density at radius 3 is 2.92 bits per heavy atom. The maximum absolute atomic E-state index is 13.0. The number of imidazole rings is 1. The van der Waals surface area contributed by atoms with E-state index in [0.717, 1.165) is 54.7 Å². The molecule has 11 nitrogen and oxygen atoms in total. The van der Waals surface area contributed by atoms with Gasteiger partial charge in [0, 0.05) is 34.5 Å². The summed E-state index contributed by atoms with van der Waals surface area (Å²) in [5, 5.41) is 18.4. The molecule has 0 spiro atoms. The fraction of sp³-hybridized carbons (Fsp3) is 0.286. The number of rotatable bonds is 6. The summed E-state index contributed by atoms with van der Waals surface area (Å²) >= 11 is 6.20. The molecule has 1 amide bonds.